The summed E-state index contributed by atoms with van der Waals surface area (Å²) in [6.45, 7) is 5.98. The second-order valence-corrected chi connectivity index (χ2v) is 9.65. The zero-order chi connectivity index (χ0) is 26.3. The summed E-state index contributed by atoms with van der Waals surface area (Å²) in [5.41, 5.74) is 5.92. The number of likely N-dealkylation sites (N-methyl/N-ethyl adjacent to an activating group) is 1. The number of nitrogens with one attached hydrogen (secondary N) is 1. The van der Waals surface area contributed by atoms with Gasteiger partial charge in [-0.05, 0) is 48.2 Å². The number of hydrogen-bond acceptors (Lipinski definition) is 5. The number of nitrogens with zero attached hydrogens (tertiary/aromatic N) is 4. The molecule has 0 amide bonds. The summed E-state index contributed by atoms with van der Waals surface area (Å²) in [5, 5.41) is 18.5. The Morgan fingerprint density at radius 1 is 0.947 bits per heavy atom. The smallest absolute Gasteiger partial charge is 0.151 e. The Kier molecular flexibility index (Phi) is 8.05. The average Bonchev–Trinajstić information content (AvgIpc) is 3.34. The van der Waals surface area contributed by atoms with Gasteiger partial charge < -0.3 is 15.3 Å². The van der Waals surface area contributed by atoms with Crippen LogP contribution in [0, 0.1) is 0 Å². The molecule has 0 bridgehead atoms. The Balaban J connectivity index is 1.28. The van der Waals surface area contributed by atoms with E-state index in [0.717, 1.165) is 55.2 Å². The molecule has 0 saturated carbocycles. The number of para-hydroxylation sites is 1. The summed E-state index contributed by atoms with van der Waals surface area (Å²) < 4.78 is 1.84. The monoisotopic (exact) mass is 503 g/mol. The molecule has 5 aromatic rings. The molecule has 0 fully saturated rings. The molecule has 2 aromatic heterocycles. The number of rotatable bonds is 11. The molecular weight excluding hydrogens is 469 g/mol. The maximum atomic E-state index is 10.4. The van der Waals surface area contributed by atoms with Gasteiger partial charge in [-0.15, -0.1) is 0 Å². The number of hydrogen-bond donors (Lipinski definition) is 2. The minimum atomic E-state index is 0.220. The summed E-state index contributed by atoms with van der Waals surface area (Å²) in [6.07, 6.45) is 2.81. The lowest BCUT2D eigenvalue weighted by molar-refractivity contribution is 0.278. The lowest BCUT2D eigenvalue weighted by Gasteiger charge is -2.27. The molecule has 6 nitrogen and oxygen atoms in total. The molecule has 2 N–H and O–H groups in total. The van der Waals surface area contributed by atoms with Crippen LogP contribution in [0.2, 0.25) is 0 Å². The van der Waals surface area contributed by atoms with Gasteiger partial charge in [-0.25, -0.2) is 4.98 Å². The van der Waals surface area contributed by atoms with Crippen LogP contribution in [-0.4, -0.2) is 58.6 Å². The van der Waals surface area contributed by atoms with Gasteiger partial charge in [-0.3, -0.25) is 0 Å². The summed E-state index contributed by atoms with van der Waals surface area (Å²) >= 11 is 0. The van der Waals surface area contributed by atoms with Crippen LogP contribution in [0.3, 0.4) is 0 Å². The fourth-order valence-electron chi connectivity index (χ4n) is 4.96. The van der Waals surface area contributed by atoms with Gasteiger partial charge in [0.1, 0.15) is 19.4 Å². The van der Waals surface area contributed by atoms with Crippen molar-refractivity contribution in [3.63, 3.8) is 0 Å². The quantitative estimate of drug-likeness (QED) is 0.208. The van der Waals surface area contributed by atoms with Crippen molar-refractivity contribution >= 4 is 24.8 Å². The molecule has 2 heterocycles. The van der Waals surface area contributed by atoms with E-state index in [-0.39, 0.29) is 5.75 Å². The van der Waals surface area contributed by atoms with Crippen LogP contribution in [0.25, 0.3) is 16.9 Å². The van der Waals surface area contributed by atoms with Crippen LogP contribution in [0.4, 0.5) is 5.82 Å². The van der Waals surface area contributed by atoms with Crippen LogP contribution in [0.15, 0.2) is 97.2 Å². The van der Waals surface area contributed by atoms with Crippen LogP contribution in [-0.2, 0) is 0 Å². The molecule has 7 heteroatoms. The van der Waals surface area contributed by atoms with E-state index in [0.29, 0.717) is 11.5 Å². The maximum absolute atomic E-state index is 10.4. The molecular formula is C31H34BN5O. The zero-order valence-electron chi connectivity index (χ0n) is 22.1. The van der Waals surface area contributed by atoms with E-state index in [4.69, 9.17) is 4.98 Å². The van der Waals surface area contributed by atoms with E-state index < -0.39 is 0 Å². The topological polar surface area (TPSA) is 65.7 Å². The van der Waals surface area contributed by atoms with Gasteiger partial charge in [0.15, 0.2) is 5.65 Å². The van der Waals surface area contributed by atoms with Gasteiger partial charge in [-0.1, -0.05) is 79.7 Å². The highest BCUT2D eigenvalue weighted by molar-refractivity contribution is 6.36. The average molecular weight is 503 g/mol. The first-order valence-corrected chi connectivity index (χ1v) is 13.3. The van der Waals surface area contributed by atoms with Gasteiger partial charge in [0, 0.05) is 36.8 Å². The van der Waals surface area contributed by atoms with E-state index >= 15 is 0 Å². The summed E-state index contributed by atoms with van der Waals surface area (Å²) in [4.78, 5) is 7.31. The Labute approximate surface area is 225 Å². The van der Waals surface area contributed by atoms with Crippen molar-refractivity contribution in [2.24, 2.45) is 0 Å². The van der Waals surface area contributed by atoms with Crippen molar-refractivity contribution in [2.75, 3.05) is 31.5 Å². The first-order valence-electron chi connectivity index (χ1n) is 13.3. The van der Waals surface area contributed by atoms with Crippen LogP contribution >= 0.6 is 0 Å². The SMILES string of the molecule is Bc1cnn2c(NCCCN(CC)CC(c3ccccc3)c3ccccc3)cc(-c3ccccc3O)nc12. The van der Waals surface area contributed by atoms with E-state index in [2.05, 4.69) is 82.9 Å². The Morgan fingerprint density at radius 2 is 1.61 bits per heavy atom. The normalized spacial score (nSPS) is 11.4. The van der Waals surface area contributed by atoms with Gasteiger partial charge >= 0.3 is 0 Å². The van der Waals surface area contributed by atoms with E-state index in [1.54, 1.807) is 6.07 Å². The number of phenols is 1. The third-order valence-electron chi connectivity index (χ3n) is 7.08. The molecule has 0 radical (unpaired) electrons. The first kappa shape index (κ1) is 25.6. The number of anilines is 1. The van der Waals surface area contributed by atoms with Gasteiger partial charge in [0.2, 0.25) is 0 Å². The molecule has 0 saturated heterocycles. The van der Waals surface area contributed by atoms with Crippen LogP contribution in [0.1, 0.15) is 30.4 Å². The molecule has 0 unspecified atom stereocenters. The molecule has 192 valence electrons. The molecule has 3 aromatic carbocycles. The molecule has 0 aliphatic rings. The molecule has 0 aliphatic heterocycles. The lowest BCUT2D eigenvalue weighted by Crippen LogP contribution is -2.31. The van der Waals surface area contributed by atoms with Crippen molar-refractivity contribution in [3.8, 4) is 17.0 Å². The maximum Gasteiger partial charge on any atom is 0.151 e. The third kappa shape index (κ3) is 5.73. The summed E-state index contributed by atoms with van der Waals surface area (Å²) in [5.74, 6) is 1.42. The number of fused-ring (bicyclic) bond motifs is 1. The van der Waals surface area contributed by atoms with Gasteiger partial charge in [-0.2, -0.15) is 9.61 Å². The predicted molar refractivity (Wildman–Crippen MR) is 158 cm³/mol. The minimum Gasteiger partial charge on any atom is -0.507 e. The van der Waals surface area contributed by atoms with E-state index in [9.17, 15) is 5.11 Å². The largest absolute Gasteiger partial charge is 0.507 e. The van der Waals surface area contributed by atoms with Crippen molar-refractivity contribution in [3.05, 3.63) is 108 Å². The molecule has 0 aliphatic carbocycles. The summed E-state index contributed by atoms with van der Waals surface area (Å²) in [7, 11) is 2.00. The summed E-state index contributed by atoms with van der Waals surface area (Å²) in [6, 6.07) is 30.9. The standard InChI is InChI=1S/C31H34BN5O/c1-2-36(22-26(23-12-5-3-6-13-23)24-14-7-4-8-15-24)19-11-18-33-30-20-28(25-16-9-10-17-29(25)38)35-31-27(32)21-34-37(30)31/h3-10,12-17,20-21,26,33,38H,2,11,18-19,22,32H2,1H3. The third-order valence-corrected chi connectivity index (χ3v) is 7.08. The number of benzene rings is 3. The van der Waals surface area contributed by atoms with Gasteiger partial charge in [0.05, 0.1) is 5.69 Å². The fourth-order valence-corrected chi connectivity index (χ4v) is 4.96. The highest BCUT2D eigenvalue weighted by Crippen LogP contribution is 2.29. The fraction of sp³-hybridized carbons (Fsp3) is 0.226. The highest BCUT2D eigenvalue weighted by Gasteiger charge is 2.18. The minimum absolute atomic E-state index is 0.220. The van der Waals surface area contributed by atoms with Gasteiger partial charge in [0.25, 0.3) is 0 Å². The van der Waals surface area contributed by atoms with Crippen molar-refractivity contribution < 1.29 is 5.11 Å². The molecule has 0 spiro atoms. The van der Waals surface area contributed by atoms with Crippen LogP contribution in [0.5, 0.6) is 5.75 Å². The number of aromatic hydroxyl groups is 1. The molecule has 38 heavy (non-hydrogen) atoms. The second-order valence-electron chi connectivity index (χ2n) is 9.65. The zero-order valence-corrected chi connectivity index (χ0v) is 22.1. The predicted octanol–water partition coefficient (Wildman–Crippen LogP) is 4.32. The van der Waals surface area contributed by atoms with E-state index in [1.807, 2.05) is 42.8 Å². The molecule has 5 rings (SSSR count). The van der Waals surface area contributed by atoms with Crippen LogP contribution < -0.4 is 10.8 Å². The Bertz CT molecular complexity index is 1430. The highest BCUT2D eigenvalue weighted by atomic mass is 16.3. The Morgan fingerprint density at radius 3 is 2.26 bits per heavy atom. The van der Waals surface area contributed by atoms with E-state index in [1.165, 1.54) is 11.1 Å². The second kappa shape index (κ2) is 12.0. The van der Waals surface area contributed by atoms with Crippen molar-refractivity contribution in [2.45, 2.75) is 19.3 Å². The lowest BCUT2D eigenvalue weighted by atomic mass is 9.90. The van der Waals surface area contributed by atoms with Crippen molar-refractivity contribution in [1.29, 1.82) is 0 Å². The number of aromatic nitrogens is 3. The van der Waals surface area contributed by atoms with Crippen molar-refractivity contribution in [1.82, 2.24) is 19.5 Å². The Hall–Kier alpha value is -4.10. The molecule has 0 atom stereocenters. The number of phenolic OH excluding ortho intramolecular Hbond substituents is 1. The first-order chi connectivity index (χ1) is 18.6.